The number of alkyl halides is 3. The van der Waals surface area contributed by atoms with Gasteiger partial charge >= 0.3 is 6.18 Å². The lowest BCUT2D eigenvalue weighted by Crippen LogP contribution is -2.47. The monoisotopic (exact) mass is 452 g/mol. The molecule has 3 rings (SSSR count). The van der Waals surface area contributed by atoms with Gasteiger partial charge in [-0.05, 0) is 32.0 Å². The molecule has 1 fully saturated rings. The van der Waals surface area contributed by atoms with Crippen molar-refractivity contribution in [3.8, 4) is 5.75 Å². The number of aromatic nitrogens is 2. The Bertz CT molecular complexity index is 1050. The van der Waals surface area contributed by atoms with Crippen LogP contribution in [0.25, 0.3) is 0 Å². The third-order valence-electron chi connectivity index (χ3n) is 5.88. The molecule has 0 radical (unpaired) electrons. The molecule has 0 unspecified atom stereocenters. The van der Waals surface area contributed by atoms with Gasteiger partial charge in [0.15, 0.2) is 5.60 Å². The van der Waals surface area contributed by atoms with Crippen LogP contribution in [0.3, 0.4) is 0 Å². The van der Waals surface area contributed by atoms with Crippen LogP contribution in [0.15, 0.2) is 30.6 Å². The summed E-state index contributed by atoms with van der Waals surface area (Å²) in [4.78, 5) is 32.4. The smallest absolute Gasteiger partial charge is 0.417 e. The van der Waals surface area contributed by atoms with Crippen LogP contribution in [0, 0.1) is 12.8 Å². The summed E-state index contributed by atoms with van der Waals surface area (Å²) in [5.41, 5.74) is 3.51. The number of ether oxygens (including phenoxy) is 2. The lowest BCUT2D eigenvalue weighted by Gasteiger charge is -2.32. The molecule has 0 aliphatic carbocycles. The van der Waals surface area contributed by atoms with E-state index in [1.165, 1.54) is 44.6 Å². The average Bonchev–Trinajstić information content (AvgIpc) is 3.00. The van der Waals surface area contributed by atoms with Crippen LogP contribution >= 0.6 is 0 Å². The van der Waals surface area contributed by atoms with E-state index in [2.05, 4.69) is 15.3 Å². The maximum absolute atomic E-state index is 14.0. The van der Waals surface area contributed by atoms with Crippen LogP contribution in [0.4, 0.5) is 18.9 Å². The van der Waals surface area contributed by atoms with Crippen LogP contribution in [-0.4, -0.2) is 46.8 Å². The number of carbonyl (C=O) groups is 2. The first kappa shape index (κ1) is 23.5. The van der Waals surface area contributed by atoms with Crippen LogP contribution in [0.5, 0.6) is 5.75 Å². The van der Waals surface area contributed by atoms with Gasteiger partial charge in [-0.3, -0.25) is 19.6 Å². The molecule has 1 aliphatic rings. The zero-order chi connectivity index (χ0) is 23.8. The van der Waals surface area contributed by atoms with Gasteiger partial charge in [-0.2, -0.15) is 13.2 Å². The van der Waals surface area contributed by atoms with Gasteiger partial charge in [0.1, 0.15) is 17.5 Å². The number of primary amides is 1. The highest BCUT2D eigenvalue weighted by Crippen LogP contribution is 2.54. The Morgan fingerprint density at radius 1 is 1.25 bits per heavy atom. The highest BCUT2D eigenvalue weighted by Gasteiger charge is 2.65. The number of pyridine rings is 2. The van der Waals surface area contributed by atoms with Gasteiger partial charge in [0.25, 0.3) is 11.8 Å². The molecule has 3 N–H and O–H groups in total. The minimum absolute atomic E-state index is 0.105. The normalized spacial score (nSPS) is 25.4. The van der Waals surface area contributed by atoms with Crippen LogP contribution in [0.1, 0.15) is 41.5 Å². The largest absolute Gasteiger partial charge is 0.495 e. The number of carbonyl (C=O) groups excluding carboxylic acids is 2. The third kappa shape index (κ3) is 3.99. The highest BCUT2D eigenvalue weighted by molar-refractivity contribution is 5.97. The summed E-state index contributed by atoms with van der Waals surface area (Å²) in [7, 11) is 1.38. The molecule has 8 nitrogen and oxygen atoms in total. The molecule has 0 saturated carbocycles. The molecule has 2 aromatic rings. The van der Waals surface area contributed by atoms with Gasteiger partial charge in [0.2, 0.25) is 0 Å². The van der Waals surface area contributed by atoms with Crippen LogP contribution < -0.4 is 15.8 Å². The summed E-state index contributed by atoms with van der Waals surface area (Å²) in [6.07, 6.45) is -3.54. The van der Waals surface area contributed by atoms with Crippen molar-refractivity contribution in [1.29, 1.82) is 0 Å². The van der Waals surface area contributed by atoms with Gasteiger partial charge in [-0.25, -0.2) is 0 Å². The van der Waals surface area contributed by atoms with Gasteiger partial charge in [0, 0.05) is 35.5 Å². The molecule has 0 bridgehead atoms. The molecular formula is C21H23F3N4O4. The van der Waals surface area contributed by atoms with E-state index in [-0.39, 0.29) is 17.1 Å². The van der Waals surface area contributed by atoms with Gasteiger partial charge in [-0.1, -0.05) is 6.92 Å². The van der Waals surface area contributed by atoms with E-state index in [9.17, 15) is 22.8 Å². The Labute approximate surface area is 182 Å². The number of anilines is 1. The zero-order valence-electron chi connectivity index (χ0n) is 17.9. The fourth-order valence-electron chi connectivity index (χ4n) is 3.98. The van der Waals surface area contributed by atoms with Crippen molar-refractivity contribution in [3.63, 3.8) is 0 Å². The molecule has 172 valence electrons. The summed E-state index contributed by atoms with van der Waals surface area (Å²) < 4.78 is 52.8. The third-order valence-corrected chi connectivity index (χ3v) is 5.88. The second kappa shape index (κ2) is 8.38. The molecular weight excluding hydrogens is 429 g/mol. The number of methoxy groups -OCH3 is 1. The second-order valence-electron chi connectivity index (χ2n) is 7.76. The minimum Gasteiger partial charge on any atom is -0.495 e. The van der Waals surface area contributed by atoms with Crippen molar-refractivity contribution in [2.45, 2.75) is 44.6 Å². The lowest BCUT2D eigenvalue weighted by atomic mass is 9.77. The molecule has 11 heteroatoms. The van der Waals surface area contributed by atoms with E-state index in [1.54, 1.807) is 6.92 Å². The van der Waals surface area contributed by atoms with Gasteiger partial charge in [-0.15, -0.1) is 0 Å². The van der Waals surface area contributed by atoms with Crippen molar-refractivity contribution < 1.29 is 32.2 Å². The molecule has 2 amide bonds. The number of amides is 2. The molecule has 0 spiro atoms. The average molecular weight is 452 g/mol. The quantitative estimate of drug-likeness (QED) is 0.721. The van der Waals surface area contributed by atoms with E-state index in [4.69, 9.17) is 15.2 Å². The topological polar surface area (TPSA) is 116 Å². The fourth-order valence-corrected chi connectivity index (χ4v) is 3.98. The Morgan fingerprint density at radius 2 is 1.91 bits per heavy atom. The van der Waals surface area contributed by atoms with Crippen LogP contribution in [-0.2, 0) is 9.53 Å². The number of halogens is 3. The van der Waals surface area contributed by atoms with Crippen molar-refractivity contribution in [2.75, 3.05) is 12.4 Å². The fraction of sp³-hybridized carbons (Fsp3) is 0.429. The second-order valence-corrected chi connectivity index (χ2v) is 7.76. The Morgan fingerprint density at radius 3 is 2.50 bits per heavy atom. The number of rotatable bonds is 5. The van der Waals surface area contributed by atoms with Crippen molar-refractivity contribution >= 4 is 17.5 Å². The molecule has 0 aromatic carbocycles. The summed E-state index contributed by atoms with van der Waals surface area (Å²) in [6.45, 7) is 3.97. The zero-order valence-corrected chi connectivity index (χ0v) is 17.9. The molecule has 32 heavy (non-hydrogen) atoms. The Kier molecular flexibility index (Phi) is 6.14. The van der Waals surface area contributed by atoms with E-state index < -0.39 is 41.5 Å². The van der Waals surface area contributed by atoms with E-state index in [1.807, 2.05) is 0 Å². The SMILES string of the molecule is COc1c([C@@H]2[C@@H](C)[C@@](C)(C(F)(F)F)O[C@H]2C(=O)Nc2ccnc(C(N)=O)c2)ccnc1C. The molecule has 4 atom stereocenters. The number of nitrogens with two attached hydrogens (primary N) is 1. The maximum Gasteiger partial charge on any atom is 0.417 e. The van der Waals surface area contributed by atoms with E-state index in [0.717, 1.165) is 6.92 Å². The summed E-state index contributed by atoms with van der Waals surface area (Å²) in [5, 5.41) is 2.51. The number of aryl methyl sites for hydroxylation is 1. The first-order chi connectivity index (χ1) is 14.9. The Balaban J connectivity index is 2.05. The number of hydrogen-bond donors (Lipinski definition) is 2. The summed E-state index contributed by atoms with van der Waals surface area (Å²) in [6, 6.07) is 4.14. The standard InChI is InChI=1S/C21H23F3N4O4/c1-10-15(13-6-8-26-11(2)16(13)31-4)17(32-20(10,3)21(22,23)24)19(30)28-12-5-7-27-14(9-12)18(25)29/h5-10,15,17H,1-4H3,(H2,25,29)(H,27,28,30)/t10-,15+,17-,20+/m1/s1. The molecule has 1 saturated heterocycles. The maximum atomic E-state index is 14.0. The first-order valence-electron chi connectivity index (χ1n) is 9.71. The highest BCUT2D eigenvalue weighted by atomic mass is 19.4. The first-order valence-corrected chi connectivity index (χ1v) is 9.71. The molecule has 1 aliphatic heterocycles. The van der Waals surface area contributed by atoms with Gasteiger partial charge in [0.05, 0.1) is 12.8 Å². The number of hydrogen-bond acceptors (Lipinski definition) is 6. The van der Waals surface area contributed by atoms with Crippen molar-refractivity contribution in [1.82, 2.24) is 9.97 Å². The summed E-state index contributed by atoms with van der Waals surface area (Å²) in [5.74, 6) is -3.46. The minimum atomic E-state index is -4.73. The summed E-state index contributed by atoms with van der Waals surface area (Å²) >= 11 is 0. The Hall–Kier alpha value is -3.21. The number of nitrogens with zero attached hydrogens (tertiary/aromatic N) is 2. The van der Waals surface area contributed by atoms with Crippen molar-refractivity contribution in [3.05, 3.63) is 47.5 Å². The van der Waals surface area contributed by atoms with Gasteiger partial charge < -0.3 is 20.5 Å². The van der Waals surface area contributed by atoms with Crippen molar-refractivity contribution in [2.24, 2.45) is 11.7 Å². The van der Waals surface area contributed by atoms with E-state index in [0.29, 0.717) is 11.3 Å². The molecule has 2 aromatic heterocycles. The van der Waals surface area contributed by atoms with Crippen LogP contribution in [0.2, 0.25) is 0 Å². The lowest BCUT2D eigenvalue weighted by molar-refractivity contribution is -0.272. The number of nitrogens with one attached hydrogen (secondary N) is 1. The molecule has 3 heterocycles. The van der Waals surface area contributed by atoms with E-state index >= 15 is 0 Å². The predicted molar refractivity (Wildman–Crippen MR) is 108 cm³/mol. The predicted octanol–water partition coefficient (Wildman–Crippen LogP) is 2.97.